The van der Waals surface area contributed by atoms with Crippen molar-refractivity contribution in [1.29, 1.82) is 0 Å². The highest BCUT2D eigenvalue weighted by molar-refractivity contribution is 6.33. The summed E-state index contributed by atoms with van der Waals surface area (Å²) in [7, 11) is 0. The van der Waals surface area contributed by atoms with Crippen LogP contribution in [0.25, 0.3) is 39.2 Å². The minimum atomic E-state index is -0.636. The summed E-state index contributed by atoms with van der Waals surface area (Å²) in [4.78, 5) is 12.3. The van der Waals surface area contributed by atoms with Crippen LogP contribution in [0.3, 0.4) is 0 Å². The molecule has 7 rings (SSSR count). The zero-order valence-electron chi connectivity index (χ0n) is 19.4. The fraction of sp³-hybridized carbons (Fsp3) is 0.231. The third-order valence-electron chi connectivity index (χ3n) is 6.73. The van der Waals surface area contributed by atoms with Crippen LogP contribution in [-0.4, -0.2) is 72.5 Å². The topological polar surface area (TPSA) is 120 Å². The lowest BCUT2D eigenvalue weighted by atomic mass is 10.0. The lowest BCUT2D eigenvalue weighted by molar-refractivity contribution is 0.00706. The molecule has 0 spiro atoms. The number of hydrogen-bond donors (Lipinski definition) is 2. The van der Waals surface area contributed by atoms with E-state index in [-0.39, 0.29) is 24.9 Å². The summed E-state index contributed by atoms with van der Waals surface area (Å²) in [5.74, 6) is 0. The number of rotatable bonds is 5. The molecule has 11 heteroatoms. The van der Waals surface area contributed by atoms with E-state index < -0.39 is 6.10 Å². The van der Waals surface area contributed by atoms with Gasteiger partial charge in [0.15, 0.2) is 11.8 Å². The Hall–Kier alpha value is -3.83. The maximum Gasteiger partial charge on any atom is 0.296 e. The molecule has 2 saturated heterocycles. The van der Waals surface area contributed by atoms with E-state index in [2.05, 4.69) is 37.3 Å². The molecule has 4 atom stereocenters. The van der Waals surface area contributed by atoms with E-state index in [0.29, 0.717) is 34.5 Å². The predicted molar refractivity (Wildman–Crippen MR) is 135 cm³/mol. The number of pyridine rings is 1. The number of benzene rings is 2. The smallest absolute Gasteiger partial charge is 0.296 e. The van der Waals surface area contributed by atoms with Gasteiger partial charge >= 0.3 is 0 Å². The first-order valence-corrected chi connectivity index (χ1v) is 12.2. The zero-order valence-corrected chi connectivity index (χ0v) is 20.1. The van der Waals surface area contributed by atoms with Crippen molar-refractivity contribution < 1.29 is 19.3 Å². The minimum absolute atomic E-state index is 0.239. The number of nitrogens with one attached hydrogen (secondary N) is 1. The summed E-state index contributed by atoms with van der Waals surface area (Å²) in [5, 5.41) is 18.1. The summed E-state index contributed by atoms with van der Waals surface area (Å²) < 4.78 is 19.1. The molecule has 2 fully saturated rings. The van der Waals surface area contributed by atoms with Crippen molar-refractivity contribution in [3.63, 3.8) is 0 Å². The maximum atomic E-state index is 9.94. The van der Waals surface area contributed by atoms with E-state index in [1.165, 1.54) is 0 Å². The molecule has 3 aromatic heterocycles. The van der Waals surface area contributed by atoms with Gasteiger partial charge in [-0.2, -0.15) is 4.98 Å². The van der Waals surface area contributed by atoms with Crippen molar-refractivity contribution in [3.05, 3.63) is 72.3 Å². The van der Waals surface area contributed by atoms with Gasteiger partial charge in [0, 0.05) is 11.3 Å². The second kappa shape index (κ2) is 8.93. The van der Waals surface area contributed by atoms with E-state index in [1.54, 1.807) is 18.7 Å². The molecule has 10 nitrogen and oxygen atoms in total. The second-order valence-electron chi connectivity index (χ2n) is 9.04. The van der Waals surface area contributed by atoms with E-state index in [1.807, 2.05) is 41.0 Å². The van der Waals surface area contributed by atoms with Gasteiger partial charge in [0.2, 0.25) is 0 Å². The van der Waals surface area contributed by atoms with Gasteiger partial charge in [0.1, 0.15) is 31.0 Å². The minimum Gasteiger partial charge on any atom is -0.456 e. The average molecular weight is 517 g/mol. The number of aliphatic hydroxyl groups excluding tert-OH is 1. The molecule has 37 heavy (non-hydrogen) atoms. The first kappa shape index (κ1) is 22.4. The van der Waals surface area contributed by atoms with Gasteiger partial charge in [-0.05, 0) is 29.3 Å². The van der Waals surface area contributed by atoms with Crippen LogP contribution in [0.5, 0.6) is 6.01 Å². The number of aromatic amines is 1. The molecule has 186 valence electrons. The monoisotopic (exact) mass is 516 g/mol. The molecule has 2 aromatic carbocycles. The Morgan fingerprint density at radius 3 is 2.32 bits per heavy atom. The lowest BCUT2D eigenvalue weighted by Crippen LogP contribution is -2.34. The summed E-state index contributed by atoms with van der Waals surface area (Å²) in [6.07, 6.45) is 1.63. The largest absolute Gasteiger partial charge is 0.456 e. The quantitative estimate of drug-likeness (QED) is 0.364. The SMILES string of the molecule is O[C@@H]1COC2C1OC[C@H]2Oc1nc2nc(-c3ccc(-c4ccc(-n5cnnc5)cc4)cc3)c(Cl)cc2[nH]1. The Morgan fingerprint density at radius 2 is 1.57 bits per heavy atom. The number of aliphatic hydroxyl groups is 1. The highest BCUT2D eigenvalue weighted by atomic mass is 35.5. The summed E-state index contributed by atoms with van der Waals surface area (Å²) in [6, 6.07) is 18.3. The van der Waals surface area contributed by atoms with Crippen molar-refractivity contribution in [1.82, 2.24) is 29.7 Å². The first-order chi connectivity index (χ1) is 18.1. The Kier molecular flexibility index (Phi) is 5.40. The van der Waals surface area contributed by atoms with Crippen LogP contribution in [0, 0.1) is 0 Å². The van der Waals surface area contributed by atoms with Gasteiger partial charge in [-0.3, -0.25) is 4.57 Å². The molecular weight excluding hydrogens is 496 g/mol. The van der Waals surface area contributed by atoms with Crippen molar-refractivity contribution in [3.8, 4) is 34.1 Å². The van der Waals surface area contributed by atoms with Crippen molar-refractivity contribution >= 4 is 22.8 Å². The van der Waals surface area contributed by atoms with Crippen LogP contribution in [-0.2, 0) is 9.47 Å². The lowest BCUT2D eigenvalue weighted by Gasteiger charge is -2.15. The van der Waals surface area contributed by atoms with Gasteiger partial charge in [-0.1, -0.05) is 48.0 Å². The standard InChI is InChI=1S/C26H21ClN6O4/c27-18-9-19-25(32-26(30-19)37-21-11-36-23-20(34)10-35-24(21)23)31-22(18)16-3-1-14(2-4-16)15-5-7-17(8-6-15)33-12-28-29-13-33/h1-9,12-13,20-21,23-24,34H,10-11H2,(H,30,31,32)/t20-,21-,23?,24?/m1/s1. The van der Waals surface area contributed by atoms with Gasteiger partial charge in [0.25, 0.3) is 6.01 Å². The Bertz CT molecular complexity index is 1560. The molecule has 0 amide bonds. The molecule has 0 saturated carbocycles. The molecule has 5 aromatic rings. The van der Waals surface area contributed by atoms with E-state index in [4.69, 9.17) is 25.8 Å². The van der Waals surface area contributed by atoms with E-state index in [9.17, 15) is 5.11 Å². The number of halogens is 1. The fourth-order valence-electron chi connectivity index (χ4n) is 4.82. The van der Waals surface area contributed by atoms with Crippen LogP contribution in [0.15, 0.2) is 67.3 Å². The first-order valence-electron chi connectivity index (χ1n) is 11.8. The average Bonchev–Trinajstić information content (AvgIpc) is 3.71. The molecule has 0 aliphatic carbocycles. The van der Waals surface area contributed by atoms with Gasteiger partial charge in [0.05, 0.1) is 29.4 Å². The normalized spacial score (nSPS) is 23.0. The number of hydrogen-bond acceptors (Lipinski definition) is 8. The Morgan fingerprint density at radius 1 is 0.892 bits per heavy atom. The number of ether oxygens (including phenoxy) is 3. The number of aromatic nitrogens is 6. The molecule has 2 unspecified atom stereocenters. The highest BCUT2D eigenvalue weighted by Crippen LogP contribution is 2.33. The molecule has 2 aliphatic rings. The number of imidazole rings is 1. The van der Waals surface area contributed by atoms with Crippen LogP contribution in [0.1, 0.15) is 0 Å². The van der Waals surface area contributed by atoms with Crippen LogP contribution < -0.4 is 4.74 Å². The van der Waals surface area contributed by atoms with Gasteiger partial charge in [-0.25, -0.2) is 4.98 Å². The third kappa shape index (κ3) is 4.04. The van der Waals surface area contributed by atoms with Crippen LogP contribution >= 0.6 is 11.6 Å². The number of H-pyrrole nitrogens is 1. The number of nitrogens with zero attached hydrogens (tertiary/aromatic N) is 5. The molecule has 2 aliphatic heterocycles. The van der Waals surface area contributed by atoms with E-state index in [0.717, 1.165) is 22.4 Å². The Labute approximate surface area is 215 Å². The number of fused-ring (bicyclic) bond motifs is 2. The Balaban J connectivity index is 1.11. The summed E-state index contributed by atoms with van der Waals surface area (Å²) >= 11 is 6.60. The maximum absolute atomic E-state index is 9.94. The van der Waals surface area contributed by atoms with Crippen molar-refractivity contribution in [2.45, 2.75) is 24.4 Å². The molecule has 0 radical (unpaired) electrons. The van der Waals surface area contributed by atoms with Crippen molar-refractivity contribution in [2.24, 2.45) is 0 Å². The van der Waals surface area contributed by atoms with E-state index >= 15 is 0 Å². The van der Waals surface area contributed by atoms with Crippen LogP contribution in [0.2, 0.25) is 5.02 Å². The van der Waals surface area contributed by atoms with Crippen molar-refractivity contribution in [2.75, 3.05) is 13.2 Å². The molecule has 2 N–H and O–H groups in total. The summed E-state index contributed by atoms with van der Waals surface area (Å²) in [5.41, 5.74) is 5.82. The summed E-state index contributed by atoms with van der Waals surface area (Å²) in [6.45, 7) is 0.557. The fourth-order valence-corrected chi connectivity index (χ4v) is 5.08. The molecular formula is C26H21ClN6O4. The zero-order chi connectivity index (χ0) is 24.9. The molecule has 0 bridgehead atoms. The second-order valence-corrected chi connectivity index (χ2v) is 9.45. The third-order valence-corrected chi connectivity index (χ3v) is 7.01. The molecule has 5 heterocycles. The highest BCUT2D eigenvalue weighted by Gasteiger charge is 2.48. The predicted octanol–water partition coefficient (Wildman–Crippen LogP) is 3.43. The van der Waals surface area contributed by atoms with Crippen LogP contribution in [0.4, 0.5) is 0 Å². The van der Waals surface area contributed by atoms with Gasteiger partial charge in [-0.15, -0.1) is 10.2 Å². The van der Waals surface area contributed by atoms with Gasteiger partial charge < -0.3 is 24.3 Å².